The molecule has 4 rings (SSSR count). The van der Waals surface area contributed by atoms with E-state index in [2.05, 4.69) is 4.37 Å². The Labute approximate surface area is 148 Å². The number of ether oxygens (including phenoxy) is 4. The molecule has 0 saturated heterocycles. The molecule has 0 saturated carbocycles. The lowest BCUT2D eigenvalue weighted by Gasteiger charge is -2.10. The van der Waals surface area contributed by atoms with Crippen LogP contribution in [0, 0.1) is 0 Å². The third-order valence-electron chi connectivity index (χ3n) is 4.05. The van der Waals surface area contributed by atoms with Crippen molar-refractivity contribution in [3.63, 3.8) is 0 Å². The standard InChI is InChI=1S/C18H16N2O4S/c1-21-11-3-4-12(14(19)7-11)13-8-25-20-17(13)10-5-15(22-2)18-16(6-10)23-9-24-18/h3-8H,9,19H2,1-2H3. The summed E-state index contributed by atoms with van der Waals surface area (Å²) in [5.41, 5.74) is 10.4. The van der Waals surface area contributed by atoms with Crippen molar-refractivity contribution in [2.24, 2.45) is 0 Å². The van der Waals surface area contributed by atoms with E-state index in [0.29, 0.717) is 22.9 Å². The van der Waals surface area contributed by atoms with Gasteiger partial charge < -0.3 is 24.7 Å². The smallest absolute Gasteiger partial charge is 0.231 e. The lowest BCUT2D eigenvalue weighted by Crippen LogP contribution is -1.93. The number of benzene rings is 2. The molecule has 0 amide bonds. The van der Waals surface area contributed by atoms with Crippen LogP contribution in [0.25, 0.3) is 22.4 Å². The number of nitrogens with two attached hydrogens (primary N) is 1. The number of hydrogen-bond donors (Lipinski definition) is 1. The Bertz CT molecular complexity index is 939. The fourth-order valence-corrected chi connectivity index (χ4v) is 3.52. The van der Waals surface area contributed by atoms with Crippen LogP contribution in [0.4, 0.5) is 5.69 Å². The Hall–Kier alpha value is -2.93. The topological polar surface area (TPSA) is 75.8 Å². The molecular weight excluding hydrogens is 340 g/mol. The first kappa shape index (κ1) is 15.6. The highest BCUT2D eigenvalue weighted by atomic mass is 32.1. The van der Waals surface area contributed by atoms with Gasteiger partial charge in [-0.1, -0.05) is 0 Å². The van der Waals surface area contributed by atoms with E-state index in [9.17, 15) is 0 Å². The van der Waals surface area contributed by atoms with Crippen molar-refractivity contribution in [2.45, 2.75) is 0 Å². The van der Waals surface area contributed by atoms with Crippen LogP contribution in [0.2, 0.25) is 0 Å². The zero-order valence-corrected chi connectivity index (χ0v) is 14.6. The summed E-state index contributed by atoms with van der Waals surface area (Å²) in [5, 5.41) is 1.98. The highest BCUT2D eigenvalue weighted by molar-refractivity contribution is 7.04. The Morgan fingerprint density at radius 3 is 2.72 bits per heavy atom. The van der Waals surface area contributed by atoms with Gasteiger partial charge in [-0.2, -0.15) is 4.37 Å². The summed E-state index contributed by atoms with van der Waals surface area (Å²) >= 11 is 1.37. The Morgan fingerprint density at radius 2 is 1.96 bits per heavy atom. The van der Waals surface area contributed by atoms with Crippen molar-refractivity contribution >= 4 is 17.2 Å². The second-order valence-electron chi connectivity index (χ2n) is 5.44. The monoisotopic (exact) mass is 356 g/mol. The average molecular weight is 356 g/mol. The fourth-order valence-electron chi connectivity index (χ4n) is 2.82. The van der Waals surface area contributed by atoms with Gasteiger partial charge in [-0.25, -0.2) is 0 Å². The third kappa shape index (κ3) is 2.62. The number of rotatable bonds is 4. The molecule has 0 spiro atoms. The van der Waals surface area contributed by atoms with E-state index in [1.165, 1.54) is 11.5 Å². The molecular formula is C18H16N2O4S. The molecule has 1 aromatic heterocycles. The minimum atomic E-state index is 0.185. The van der Waals surface area contributed by atoms with Crippen molar-refractivity contribution in [3.8, 4) is 45.4 Å². The quantitative estimate of drug-likeness (QED) is 0.717. The minimum absolute atomic E-state index is 0.185. The van der Waals surface area contributed by atoms with E-state index in [1.54, 1.807) is 20.3 Å². The van der Waals surface area contributed by atoms with Gasteiger partial charge in [0.1, 0.15) is 5.75 Å². The van der Waals surface area contributed by atoms with Gasteiger partial charge in [0.2, 0.25) is 12.5 Å². The lowest BCUT2D eigenvalue weighted by molar-refractivity contribution is 0.171. The molecule has 6 nitrogen and oxygen atoms in total. The largest absolute Gasteiger partial charge is 0.497 e. The van der Waals surface area contributed by atoms with E-state index in [-0.39, 0.29) is 6.79 Å². The van der Waals surface area contributed by atoms with Crippen LogP contribution < -0.4 is 24.7 Å². The highest BCUT2D eigenvalue weighted by Crippen LogP contribution is 2.46. The van der Waals surface area contributed by atoms with Crippen LogP contribution in [0.1, 0.15) is 0 Å². The summed E-state index contributed by atoms with van der Waals surface area (Å²) in [6.07, 6.45) is 0. The maximum Gasteiger partial charge on any atom is 0.231 e. The van der Waals surface area contributed by atoms with E-state index < -0.39 is 0 Å². The molecule has 2 aromatic carbocycles. The SMILES string of the molecule is COc1ccc(-c2csnc2-c2cc(OC)c3c(c2)OCO3)c(N)c1. The maximum absolute atomic E-state index is 6.21. The maximum atomic E-state index is 6.21. The molecule has 7 heteroatoms. The van der Waals surface area contributed by atoms with Gasteiger partial charge in [-0.05, 0) is 35.8 Å². The zero-order chi connectivity index (χ0) is 17.4. The van der Waals surface area contributed by atoms with Gasteiger partial charge in [-0.15, -0.1) is 0 Å². The van der Waals surface area contributed by atoms with Gasteiger partial charge in [0, 0.05) is 33.8 Å². The number of fused-ring (bicyclic) bond motifs is 1. The van der Waals surface area contributed by atoms with Gasteiger partial charge in [-0.3, -0.25) is 0 Å². The first-order valence-electron chi connectivity index (χ1n) is 7.57. The number of aromatic nitrogens is 1. The second kappa shape index (κ2) is 6.18. The van der Waals surface area contributed by atoms with Crippen molar-refractivity contribution in [2.75, 3.05) is 26.7 Å². The summed E-state index contributed by atoms with van der Waals surface area (Å²) in [6, 6.07) is 9.42. The molecule has 0 atom stereocenters. The van der Waals surface area contributed by atoms with Crippen LogP contribution >= 0.6 is 11.5 Å². The highest BCUT2D eigenvalue weighted by Gasteiger charge is 2.23. The van der Waals surface area contributed by atoms with Crippen molar-refractivity contribution in [3.05, 3.63) is 35.7 Å². The van der Waals surface area contributed by atoms with Gasteiger partial charge in [0.25, 0.3) is 0 Å². The fraction of sp³-hybridized carbons (Fsp3) is 0.167. The van der Waals surface area contributed by atoms with Crippen LogP contribution in [0.5, 0.6) is 23.0 Å². The number of anilines is 1. The summed E-state index contributed by atoms with van der Waals surface area (Å²) in [4.78, 5) is 0. The zero-order valence-electron chi connectivity index (χ0n) is 13.7. The van der Waals surface area contributed by atoms with E-state index in [1.807, 2.05) is 29.6 Å². The molecule has 0 fully saturated rings. The molecule has 1 aliphatic rings. The molecule has 0 unspecified atom stereocenters. The van der Waals surface area contributed by atoms with Crippen molar-refractivity contribution < 1.29 is 18.9 Å². The molecule has 128 valence electrons. The summed E-state index contributed by atoms with van der Waals surface area (Å²) in [5.74, 6) is 2.60. The summed E-state index contributed by atoms with van der Waals surface area (Å²) in [6.45, 7) is 0.185. The number of nitrogens with zero attached hydrogens (tertiary/aromatic N) is 1. The minimum Gasteiger partial charge on any atom is -0.497 e. The molecule has 2 N–H and O–H groups in total. The van der Waals surface area contributed by atoms with Crippen molar-refractivity contribution in [1.82, 2.24) is 4.37 Å². The lowest BCUT2D eigenvalue weighted by atomic mass is 10.00. The number of hydrogen-bond acceptors (Lipinski definition) is 7. The third-order valence-corrected chi connectivity index (χ3v) is 4.68. The van der Waals surface area contributed by atoms with Crippen LogP contribution in [-0.4, -0.2) is 25.4 Å². The molecule has 0 aliphatic carbocycles. The van der Waals surface area contributed by atoms with E-state index >= 15 is 0 Å². The molecule has 1 aliphatic heterocycles. The van der Waals surface area contributed by atoms with Crippen molar-refractivity contribution in [1.29, 1.82) is 0 Å². The number of nitrogen functional groups attached to an aromatic ring is 1. The van der Waals surface area contributed by atoms with E-state index in [0.717, 1.165) is 28.1 Å². The first-order chi connectivity index (χ1) is 12.2. The Balaban J connectivity index is 1.83. The predicted molar refractivity (Wildman–Crippen MR) is 96.6 cm³/mol. The Kier molecular flexibility index (Phi) is 3.85. The Morgan fingerprint density at radius 1 is 1.08 bits per heavy atom. The van der Waals surface area contributed by atoms with Gasteiger partial charge >= 0.3 is 0 Å². The van der Waals surface area contributed by atoms with Crippen LogP contribution in [-0.2, 0) is 0 Å². The molecule has 25 heavy (non-hydrogen) atoms. The number of methoxy groups -OCH3 is 2. The molecule has 2 heterocycles. The summed E-state index contributed by atoms with van der Waals surface area (Å²) < 4.78 is 26.2. The molecule has 0 radical (unpaired) electrons. The predicted octanol–water partition coefficient (Wildman–Crippen LogP) is 3.81. The second-order valence-corrected chi connectivity index (χ2v) is 6.07. The molecule has 3 aromatic rings. The average Bonchev–Trinajstić information content (AvgIpc) is 3.29. The normalized spacial score (nSPS) is 12.2. The van der Waals surface area contributed by atoms with Gasteiger partial charge in [0.05, 0.1) is 19.9 Å². The van der Waals surface area contributed by atoms with Crippen LogP contribution in [0.3, 0.4) is 0 Å². The van der Waals surface area contributed by atoms with Crippen LogP contribution in [0.15, 0.2) is 35.7 Å². The van der Waals surface area contributed by atoms with E-state index in [4.69, 9.17) is 24.7 Å². The summed E-state index contributed by atoms with van der Waals surface area (Å²) in [7, 11) is 3.22. The molecule has 0 bridgehead atoms. The van der Waals surface area contributed by atoms with Gasteiger partial charge in [0.15, 0.2) is 11.5 Å². The first-order valence-corrected chi connectivity index (χ1v) is 8.41.